The molecule has 0 N–H and O–H groups in total. The first-order valence-corrected chi connectivity index (χ1v) is 4.54. The van der Waals surface area contributed by atoms with Crippen LogP contribution in [0.2, 0.25) is 0 Å². The predicted molar refractivity (Wildman–Crippen MR) is 35.6 cm³/mol. The maximum atomic E-state index is 5.18. The van der Waals surface area contributed by atoms with Crippen LogP contribution in [0, 0.1) is 0 Å². The fraction of sp³-hybridized carbons (Fsp3) is 1.00. The van der Waals surface area contributed by atoms with Gasteiger partial charge in [0, 0.05) is 0 Å². The molecule has 0 spiro atoms. The van der Waals surface area contributed by atoms with Crippen molar-refractivity contribution >= 4 is 25.2 Å². The minimum absolute atomic E-state index is 0.343. The first-order chi connectivity index (χ1) is 3.77. The van der Waals surface area contributed by atoms with Gasteiger partial charge in [0.1, 0.15) is 0 Å². The summed E-state index contributed by atoms with van der Waals surface area (Å²) in [6.45, 7) is 5.56. The molecule has 0 aliphatic carbocycles. The SMILES string of the molecule is CC(C)OCC[O][BiH2]. The first kappa shape index (κ1) is 8.80. The quantitative estimate of drug-likeness (QED) is 0.536. The van der Waals surface area contributed by atoms with Crippen LogP contribution >= 0.6 is 0 Å². The van der Waals surface area contributed by atoms with E-state index in [-0.39, 0.29) is 0 Å². The van der Waals surface area contributed by atoms with Gasteiger partial charge >= 0.3 is 65.9 Å². The summed E-state index contributed by atoms with van der Waals surface area (Å²) in [7, 11) is 0. The van der Waals surface area contributed by atoms with E-state index >= 15 is 0 Å². The Morgan fingerprint density at radius 3 is 2.38 bits per heavy atom. The van der Waals surface area contributed by atoms with E-state index in [4.69, 9.17) is 7.55 Å². The molecule has 50 valence electrons. The van der Waals surface area contributed by atoms with Crippen molar-refractivity contribution in [1.82, 2.24) is 0 Å². The van der Waals surface area contributed by atoms with Gasteiger partial charge in [0.25, 0.3) is 0 Å². The third-order valence-electron chi connectivity index (χ3n) is 0.652. The average Bonchev–Trinajstić information content (AvgIpc) is 1.66. The average molecular weight is 314 g/mol. The zero-order chi connectivity index (χ0) is 6.41. The molecule has 0 radical (unpaired) electrons. The molecule has 0 rings (SSSR count). The van der Waals surface area contributed by atoms with Gasteiger partial charge in [0.05, 0.1) is 0 Å². The predicted octanol–water partition coefficient (Wildman–Crippen LogP) is -0.0239. The summed E-state index contributed by atoms with van der Waals surface area (Å²) >= 11 is 0.649. The van der Waals surface area contributed by atoms with Crippen LogP contribution in [0.3, 0.4) is 0 Å². The Hall–Kier alpha value is 0.803. The second-order valence-corrected chi connectivity index (χ2v) is 3.09. The van der Waals surface area contributed by atoms with Crippen molar-refractivity contribution in [3.63, 3.8) is 0 Å². The molecule has 0 fully saturated rings. The van der Waals surface area contributed by atoms with Gasteiger partial charge < -0.3 is 0 Å². The van der Waals surface area contributed by atoms with E-state index in [2.05, 4.69) is 0 Å². The van der Waals surface area contributed by atoms with Gasteiger partial charge in [0.15, 0.2) is 0 Å². The minimum atomic E-state index is 0.343. The van der Waals surface area contributed by atoms with E-state index in [1.165, 1.54) is 0 Å². The third kappa shape index (κ3) is 6.80. The maximum absolute atomic E-state index is 5.18. The van der Waals surface area contributed by atoms with Crippen LogP contribution in [-0.2, 0) is 7.55 Å². The van der Waals surface area contributed by atoms with Gasteiger partial charge in [-0.25, -0.2) is 0 Å². The fourth-order valence-corrected chi connectivity index (χ4v) is 0.706. The van der Waals surface area contributed by atoms with Crippen LogP contribution in [0.15, 0.2) is 0 Å². The van der Waals surface area contributed by atoms with Crippen LogP contribution in [0.1, 0.15) is 13.8 Å². The second-order valence-electron chi connectivity index (χ2n) is 1.79. The van der Waals surface area contributed by atoms with E-state index in [1.54, 1.807) is 0 Å². The molecule has 2 nitrogen and oxygen atoms in total. The van der Waals surface area contributed by atoms with Crippen LogP contribution < -0.4 is 0 Å². The van der Waals surface area contributed by atoms with Gasteiger partial charge in [-0.15, -0.1) is 0 Å². The van der Waals surface area contributed by atoms with Crippen molar-refractivity contribution in [2.24, 2.45) is 0 Å². The van der Waals surface area contributed by atoms with Crippen molar-refractivity contribution in [2.75, 3.05) is 13.2 Å². The van der Waals surface area contributed by atoms with E-state index in [1.807, 2.05) is 13.8 Å². The molecule has 0 aliphatic rings. The third-order valence-corrected chi connectivity index (χ3v) is 1.57. The molecule has 0 heterocycles. The zero-order valence-corrected chi connectivity index (χ0v) is 9.87. The fourth-order valence-electron chi connectivity index (χ4n) is 0.332. The summed E-state index contributed by atoms with van der Waals surface area (Å²) in [6.07, 6.45) is 0.343. The normalized spacial score (nSPS) is 10.5. The van der Waals surface area contributed by atoms with Crippen molar-refractivity contribution in [3.8, 4) is 0 Å². The van der Waals surface area contributed by atoms with Gasteiger partial charge in [-0.05, 0) is 0 Å². The molecule has 0 saturated heterocycles. The Morgan fingerprint density at radius 1 is 1.38 bits per heavy atom. The summed E-state index contributed by atoms with van der Waals surface area (Å²) in [4.78, 5) is 0. The van der Waals surface area contributed by atoms with Gasteiger partial charge in [0.2, 0.25) is 0 Å². The summed E-state index contributed by atoms with van der Waals surface area (Å²) in [5, 5.41) is 0. The van der Waals surface area contributed by atoms with Gasteiger partial charge in [-0.1, -0.05) is 0 Å². The Labute approximate surface area is 66.0 Å². The van der Waals surface area contributed by atoms with Crippen LogP contribution in [-0.4, -0.2) is 44.5 Å². The molecule has 0 amide bonds. The second kappa shape index (κ2) is 5.93. The number of hydrogen-bond donors (Lipinski definition) is 0. The zero-order valence-electron chi connectivity index (χ0n) is 5.39. The van der Waals surface area contributed by atoms with Gasteiger partial charge in [-0.3, -0.25) is 0 Å². The Kier molecular flexibility index (Phi) is 6.53. The summed E-state index contributed by atoms with van der Waals surface area (Å²) < 4.78 is 10.1. The number of rotatable bonds is 4. The topological polar surface area (TPSA) is 18.5 Å². The molecule has 8 heavy (non-hydrogen) atoms. The summed E-state index contributed by atoms with van der Waals surface area (Å²) in [6, 6.07) is 0. The molecule has 0 bridgehead atoms. The van der Waals surface area contributed by atoms with Crippen LogP contribution in [0.25, 0.3) is 0 Å². The molecular formula is C5H13BiO2. The Morgan fingerprint density at radius 2 is 2.00 bits per heavy atom. The Bertz CT molecular complexity index is 47.7. The van der Waals surface area contributed by atoms with Crippen molar-refractivity contribution in [1.29, 1.82) is 0 Å². The number of hydrogen-bond acceptors (Lipinski definition) is 2. The van der Waals surface area contributed by atoms with Gasteiger partial charge in [-0.2, -0.15) is 0 Å². The Balaban J connectivity index is 2.72. The molecule has 0 aromatic carbocycles. The first-order valence-electron chi connectivity index (χ1n) is 2.70. The molecule has 0 aromatic heterocycles. The molecule has 0 aromatic rings. The molecular weight excluding hydrogens is 301 g/mol. The monoisotopic (exact) mass is 314 g/mol. The van der Waals surface area contributed by atoms with Crippen molar-refractivity contribution < 1.29 is 7.55 Å². The molecule has 0 saturated carbocycles. The summed E-state index contributed by atoms with van der Waals surface area (Å²) in [5.41, 5.74) is 0. The van der Waals surface area contributed by atoms with Crippen LogP contribution in [0.4, 0.5) is 0 Å². The molecule has 0 unspecified atom stereocenters. The number of ether oxygens (including phenoxy) is 1. The molecule has 0 atom stereocenters. The van der Waals surface area contributed by atoms with E-state index in [9.17, 15) is 0 Å². The van der Waals surface area contributed by atoms with Crippen molar-refractivity contribution in [3.05, 3.63) is 0 Å². The standard InChI is InChI=1S/C5H11O2.Bi.2H/c1-5(2)7-4-3-6;;;/h5H,3-4H2,1-2H3;;;/q-1;+1;;. The van der Waals surface area contributed by atoms with E-state index < -0.39 is 0 Å². The molecule has 3 heteroatoms. The molecule has 0 aliphatic heterocycles. The van der Waals surface area contributed by atoms with Crippen molar-refractivity contribution in [2.45, 2.75) is 20.0 Å². The van der Waals surface area contributed by atoms with E-state index in [0.29, 0.717) is 31.3 Å². The van der Waals surface area contributed by atoms with Crippen LogP contribution in [0.5, 0.6) is 0 Å². The summed E-state index contributed by atoms with van der Waals surface area (Å²) in [5.74, 6) is 0. The van der Waals surface area contributed by atoms with E-state index in [0.717, 1.165) is 13.2 Å².